The number of nitrogens with one attached hydrogen (secondary N) is 2. The smallest absolute Gasteiger partial charge is 0.238 e. The van der Waals surface area contributed by atoms with E-state index in [-0.39, 0.29) is 28.8 Å². The van der Waals surface area contributed by atoms with Crippen molar-refractivity contribution >= 4 is 21.6 Å². The van der Waals surface area contributed by atoms with Crippen molar-refractivity contribution in [3.05, 3.63) is 60.2 Å². The van der Waals surface area contributed by atoms with Crippen LogP contribution in [0.5, 0.6) is 0 Å². The van der Waals surface area contributed by atoms with Crippen LogP contribution in [0.2, 0.25) is 0 Å². The maximum atomic E-state index is 12.2. The number of hydrogen-bond donors (Lipinski definition) is 3. The van der Waals surface area contributed by atoms with Gasteiger partial charge in [-0.15, -0.1) is 0 Å². The Hall–Kier alpha value is -2.22. The van der Waals surface area contributed by atoms with Crippen LogP contribution in [0.4, 0.5) is 5.69 Å². The molecule has 0 aromatic heterocycles. The highest BCUT2D eigenvalue weighted by molar-refractivity contribution is 7.89. The minimum Gasteiger partial charge on any atom is -0.325 e. The number of benzene rings is 2. The zero-order valence-corrected chi connectivity index (χ0v) is 16.0. The summed E-state index contributed by atoms with van der Waals surface area (Å²) >= 11 is 0. The predicted octanol–water partition coefficient (Wildman–Crippen LogP) is 2.65. The molecule has 0 aliphatic heterocycles. The minimum absolute atomic E-state index is 0.00509. The van der Waals surface area contributed by atoms with Gasteiger partial charge in [0, 0.05) is 11.7 Å². The van der Waals surface area contributed by atoms with Crippen molar-refractivity contribution in [3.8, 4) is 0 Å². The van der Waals surface area contributed by atoms with Crippen molar-refractivity contribution in [2.24, 2.45) is 10.6 Å². The molecule has 2 aromatic rings. The molecule has 2 aromatic carbocycles. The molecular formula is C19H25N3O3S. The number of rotatable bonds is 6. The second-order valence-corrected chi connectivity index (χ2v) is 8.77. The second-order valence-electron chi connectivity index (χ2n) is 7.21. The maximum absolute atomic E-state index is 12.2. The van der Waals surface area contributed by atoms with E-state index in [1.165, 1.54) is 24.3 Å². The molecule has 0 bridgehead atoms. The number of anilines is 1. The average Bonchev–Trinajstić information content (AvgIpc) is 2.54. The Morgan fingerprint density at radius 2 is 1.62 bits per heavy atom. The Labute approximate surface area is 154 Å². The van der Waals surface area contributed by atoms with Gasteiger partial charge >= 0.3 is 0 Å². The van der Waals surface area contributed by atoms with Gasteiger partial charge in [0.05, 0.1) is 11.4 Å². The average molecular weight is 375 g/mol. The van der Waals surface area contributed by atoms with E-state index in [9.17, 15) is 13.2 Å². The van der Waals surface area contributed by atoms with Gasteiger partial charge in [0.15, 0.2) is 0 Å². The Balaban J connectivity index is 2.00. The summed E-state index contributed by atoms with van der Waals surface area (Å²) in [5.41, 5.74) is 1.56. The molecule has 1 atom stereocenters. The molecule has 26 heavy (non-hydrogen) atoms. The van der Waals surface area contributed by atoms with Crippen molar-refractivity contribution in [1.29, 1.82) is 0 Å². The predicted molar refractivity (Wildman–Crippen MR) is 103 cm³/mol. The summed E-state index contributed by atoms with van der Waals surface area (Å²) in [6, 6.07) is 15.7. The van der Waals surface area contributed by atoms with Crippen LogP contribution in [-0.2, 0) is 14.8 Å². The molecule has 0 aliphatic rings. The molecule has 0 aliphatic carbocycles. The number of amides is 1. The Kier molecular flexibility index (Phi) is 6.17. The van der Waals surface area contributed by atoms with Crippen LogP contribution in [0.1, 0.15) is 32.4 Å². The highest BCUT2D eigenvalue weighted by Gasteiger charge is 2.26. The molecule has 1 unspecified atom stereocenters. The Morgan fingerprint density at radius 1 is 1.04 bits per heavy atom. The van der Waals surface area contributed by atoms with Crippen LogP contribution in [0, 0.1) is 5.41 Å². The first-order valence-corrected chi connectivity index (χ1v) is 9.83. The number of primary sulfonamides is 1. The number of sulfonamides is 1. The van der Waals surface area contributed by atoms with Gasteiger partial charge in [0.2, 0.25) is 15.9 Å². The fraction of sp³-hybridized carbons (Fsp3) is 0.316. The van der Waals surface area contributed by atoms with E-state index >= 15 is 0 Å². The van der Waals surface area contributed by atoms with Gasteiger partial charge in [-0.2, -0.15) is 0 Å². The van der Waals surface area contributed by atoms with Gasteiger partial charge in [-0.25, -0.2) is 13.6 Å². The molecule has 0 saturated heterocycles. The fourth-order valence-electron chi connectivity index (χ4n) is 2.70. The van der Waals surface area contributed by atoms with E-state index in [1.54, 1.807) is 0 Å². The summed E-state index contributed by atoms with van der Waals surface area (Å²) in [4.78, 5) is 12.2. The zero-order chi connectivity index (χ0) is 19.4. The maximum Gasteiger partial charge on any atom is 0.238 e. The molecule has 1 amide bonds. The van der Waals surface area contributed by atoms with Crippen LogP contribution in [0.25, 0.3) is 0 Å². The van der Waals surface area contributed by atoms with Gasteiger partial charge in [-0.05, 0) is 35.2 Å². The van der Waals surface area contributed by atoms with E-state index < -0.39 is 10.0 Å². The zero-order valence-electron chi connectivity index (χ0n) is 15.2. The normalized spacial score (nSPS) is 13.2. The molecule has 2 rings (SSSR count). The van der Waals surface area contributed by atoms with Crippen LogP contribution in [0.3, 0.4) is 0 Å². The first-order chi connectivity index (χ1) is 12.1. The Morgan fingerprint density at radius 3 is 2.12 bits per heavy atom. The lowest BCUT2D eigenvalue weighted by Crippen LogP contribution is -2.37. The van der Waals surface area contributed by atoms with E-state index in [2.05, 4.69) is 31.4 Å². The van der Waals surface area contributed by atoms with Gasteiger partial charge in [0.1, 0.15) is 0 Å². The van der Waals surface area contributed by atoms with Crippen molar-refractivity contribution in [3.63, 3.8) is 0 Å². The van der Waals surface area contributed by atoms with Crippen molar-refractivity contribution < 1.29 is 13.2 Å². The number of hydrogen-bond acceptors (Lipinski definition) is 4. The molecule has 0 radical (unpaired) electrons. The fourth-order valence-corrected chi connectivity index (χ4v) is 3.21. The van der Waals surface area contributed by atoms with Crippen LogP contribution >= 0.6 is 0 Å². The lowest BCUT2D eigenvalue weighted by atomic mass is 9.82. The Bertz CT molecular complexity index is 842. The summed E-state index contributed by atoms with van der Waals surface area (Å²) in [5.74, 6) is -0.210. The van der Waals surface area contributed by atoms with Crippen molar-refractivity contribution in [2.45, 2.75) is 31.7 Å². The molecule has 0 heterocycles. The number of carbonyl (C=O) groups excluding carboxylic acids is 1. The quantitative estimate of drug-likeness (QED) is 0.722. The standard InChI is InChI=1S/C19H25N3O3S/c1-19(2,3)18(14-7-5-4-6-8-14)21-13-17(23)22-15-9-11-16(12-10-15)26(20,24)25/h4-12,18,21H,13H2,1-3H3,(H,22,23)(H2,20,24,25). The van der Waals surface area contributed by atoms with Gasteiger partial charge < -0.3 is 10.6 Å². The van der Waals surface area contributed by atoms with Crippen molar-refractivity contribution in [2.75, 3.05) is 11.9 Å². The topological polar surface area (TPSA) is 101 Å². The van der Waals surface area contributed by atoms with Crippen LogP contribution in [-0.4, -0.2) is 20.9 Å². The summed E-state index contributed by atoms with van der Waals surface area (Å²) in [6.07, 6.45) is 0. The third-order valence-corrected chi connectivity index (χ3v) is 4.86. The summed E-state index contributed by atoms with van der Waals surface area (Å²) in [6.45, 7) is 6.47. The number of nitrogens with two attached hydrogens (primary N) is 1. The minimum atomic E-state index is -3.74. The van der Waals surface area contributed by atoms with Gasteiger partial charge in [0.25, 0.3) is 0 Å². The molecule has 4 N–H and O–H groups in total. The molecule has 0 spiro atoms. The largest absolute Gasteiger partial charge is 0.325 e. The molecule has 0 fully saturated rings. The van der Waals surface area contributed by atoms with Crippen molar-refractivity contribution in [1.82, 2.24) is 5.32 Å². The highest BCUT2D eigenvalue weighted by atomic mass is 32.2. The lowest BCUT2D eigenvalue weighted by molar-refractivity contribution is -0.115. The van der Waals surface area contributed by atoms with E-state index in [0.717, 1.165) is 5.56 Å². The molecule has 0 saturated carbocycles. The van der Waals surface area contributed by atoms with E-state index in [1.807, 2.05) is 30.3 Å². The van der Waals surface area contributed by atoms with E-state index in [0.29, 0.717) is 5.69 Å². The van der Waals surface area contributed by atoms with Gasteiger partial charge in [-0.3, -0.25) is 4.79 Å². The SMILES string of the molecule is CC(C)(C)C(NCC(=O)Nc1ccc(S(N)(=O)=O)cc1)c1ccccc1. The third kappa shape index (κ3) is 5.66. The lowest BCUT2D eigenvalue weighted by Gasteiger charge is -2.32. The molecular weight excluding hydrogens is 350 g/mol. The summed E-state index contributed by atoms with van der Waals surface area (Å²) in [5, 5.41) is 11.1. The number of carbonyl (C=O) groups is 1. The highest BCUT2D eigenvalue weighted by Crippen LogP contribution is 2.32. The van der Waals surface area contributed by atoms with Gasteiger partial charge in [-0.1, -0.05) is 51.1 Å². The second kappa shape index (κ2) is 7.99. The third-order valence-electron chi connectivity index (χ3n) is 3.93. The van der Waals surface area contributed by atoms with Crippen LogP contribution in [0.15, 0.2) is 59.5 Å². The summed E-state index contributed by atoms with van der Waals surface area (Å²) < 4.78 is 22.5. The van der Waals surface area contributed by atoms with Crippen LogP contribution < -0.4 is 15.8 Å². The molecule has 6 nitrogen and oxygen atoms in total. The first kappa shape index (κ1) is 20.1. The molecule has 140 valence electrons. The summed E-state index contributed by atoms with van der Waals surface area (Å²) in [7, 11) is -3.74. The molecule has 7 heteroatoms. The first-order valence-electron chi connectivity index (χ1n) is 8.28. The monoisotopic (exact) mass is 375 g/mol. The van der Waals surface area contributed by atoms with E-state index in [4.69, 9.17) is 5.14 Å².